The molecule has 1 aliphatic carbocycles. The highest BCUT2D eigenvalue weighted by atomic mass is 15.0. The van der Waals surface area contributed by atoms with Gasteiger partial charge in [-0.25, -0.2) is 0 Å². The summed E-state index contributed by atoms with van der Waals surface area (Å²) >= 11 is 0. The molecule has 0 bridgehead atoms. The van der Waals surface area contributed by atoms with Crippen molar-refractivity contribution in [3.05, 3.63) is 221 Å². The number of aromatic nitrogens is 1. The first-order chi connectivity index (χ1) is 25.8. The average Bonchev–Trinajstić information content (AvgIpc) is 3.70. The van der Waals surface area contributed by atoms with Gasteiger partial charge in [-0.1, -0.05) is 158 Å². The van der Waals surface area contributed by atoms with Crippen LogP contribution in [-0.2, 0) is 5.41 Å². The molecule has 11 rings (SSSR count). The van der Waals surface area contributed by atoms with E-state index in [1.54, 1.807) is 0 Å². The number of nitrogens with zero attached hydrogens (tertiary/aromatic N) is 1. The molecule has 2 atom stereocenters. The van der Waals surface area contributed by atoms with Crippen molar-refractivity contribution >= 4 is 33.1 Å². The lowest BCUT2D eigenvalue weighted by atomic mass is 9.65. The zero-order valence-corrected chi connectivity index (χ0v) is 28.6. The molecule has 246 valence electrons. The number of hydrogen-bond donors (Lipinski definition) is 2. The first-order valence-electron chi connectivity index (χ1n) is 18.2. The van der Waals surface area contributed by atoms with E-state index in [0.29, 0.717) is 6.54 Å². The summed E-state index contributed by atoms with van der Waals surface area (Å²) in [5.41, 5.74) is 17.2. The number of hydrogen-bond acceptors (Lipinski definition) is 2. The van der Waals surface area contributed by atoms with Crippen molar-refractivity contribution in [3.8, 4) is 16.8 Å². The van der Waals surface area contributed by atoms with E-state index < -0.39 is 5.41 Å². The van der Waals surface area contributed by atoms with Crippen molar-refractivity contribution in [2.45, 2.75) is 11.5 Å². The molecule has 1 spiro atoms. The van der Waals surface area contributed by atoms with Crippen LogP contribution in [0.4, 0.5) is 0 Å². The van der Waals surface area contributed by atoms with Crippen LogP contribution in [-0.4, -0.2) is 11.1 Å². The molecule has 0 amide bonds. The van der Waals surface area contributed by atoms with Gasteiger partial charge in [-0.05, 0) is 73.9 Å². The van der Waals surface area contributed by atoms with E-state index in [-0.39, 0.29) is 6.04 Å². The lowest BCUT2D eigenvalue weighted by Gasteiger charge is -2.39. The number of nitrogens with one attached hydrogen (secondary N) is 2. The Labute approximate surface area is 303 Å². The molecule has 0 saturated heterocycles. The zero-order chi connectivity index (χ0) is 34.2. The van der Waals surface area contributed by atoms with E-state index in [9.17, 15) is 0 Å². The van der Waals surface area contributed by atoms with Gasteiger partial charge in [-0.15, -0.1) is 0 Å². The summed E-state index contributed by atoms with van der Waals surface area (Å²) in [6, 6.07) is 62.4. The van der Waals surface area contributed by atoms with Gasteiger partial charge in [-0.2, -0.15) is 0 Å². The topological polar surface area (TPSA) is 29.0 Å². The normalized spacial score (nSPS) is 19.5. The number of benzene rings is 7. The van der Waals surface area contributed by atoms with Crippen LogP contribution in [0.5, 0.6) is 0 Å². The van der Waals surface area contributed by atoms with Gasteiger partial charge >= 0.3 is 0 Å². The summed E-state index contributed by atoms with van der Waals surface area (Å²) in [5, 5.41) is 10.3. The van der Waals surface area contributed by atoms with Gasteiger partial charge in [0.15, 0.2) is 0 Å². The second-order valence-electron chi connectivity index (χ2n) is 14.1. The van der Waals surface area contributed by atoms with Crippen LogP contribution in [0, 0.1) is 0 Å². The van der Waals surface area contributed by atoms with E-state index in [1.165, 1.54) is 77.6 Å². The minimum atomic E-state index is -0.479. The van der Waals surface area contributed by atoms with Gasteiger partial charge in [0.2, 0.25) is 0 Å². The summed E-state index contributed by atoms with van der Waals surface area (Å²) in [5.74, 6) is 0. The Hall–Kier alpha value is -6.42. The third-order valence-corrected chi connectivity index (χ3v) is 11.6. The fourth-order valence-corrected chi connectivity index (χ4v) is 9.43. The summed E-state index contributed by atoms with van der Waals surface area (Å²) in [6.07, 6.45) is 4.54. The zero-order valence-electron chi connectivity index (χ0n) is 28.6. The van der Waals surface area contributed by atoms with Crippen molar-refractivity contribution in [1.82, 2.24) is 15.2 Å². The van der Waals surface area contributed by atoms with Gasteiger partial charge in [0.1, 0.15) is 0 Å². The van der Waals surface area contributed by atoms with E-state index in [2.05, 4.69) is 197 Å². The molecule has 2 unspecified atom stereocenters. The Kier molecular flexibility index (Phi) is 6.37. The molecule has 3 heteroatoms. The molecular weight excluding hydrogens is 631 g/mol. The molecule has 3 aliphatic rings. The highest BCUT2D eigenvalue weighted by Gasteiger charge is 2.51. The van der Waals surface area contributed by atoms with Crippen LogP contribution in [0.3, 0.4) is 0 Å². The highest BCUT2D eigenvalue weighted by Crippen LogP contribution is 2.61. The molecule has 7 aromatic carbocycles. The third kappa shape index (κ3) is 4.00. The Bertz CT molecular complexity index is 2770. The second kappa shape index (κ2) is 11.3. The van der Waals surface area contributed by atoms with Crippen molar-refractivity contribution in [2.24, 2.45) is 0 Å². The minimum absolute atomic E-state index is 0.0349. The van der Waals surface area contributed by atoms with Gasteiger partial charge in [-0.3, -0.25) is 0 Å². The Morgan fingerprint density at radius 2 is 1.19 bits per heavy atom. The van der Waals surface area contributed by atoms with Gasteiger partial charge in [0, 0.05) is 29.2 Å². The molecule has 2 N–H and O–H groups in total. The predicted molar refractivity (Wildman–Crippen MR) is 214 cm³/mol. The molecule has 3 heterocycles. The fourth-order valence-electron chi connectivity index (χ4n) is 9.43. The van der Waals surface area contributed by atoms with Crippen molar-refractivity contribution in [1.29, 1.82) is 0 Å². The maximum absolute atomic E-state index is 3.94. The molecule has 0 radical (unpaired) electrons. The Balaban J connectivity index is 1.17. The monoisotopic (exact) mass is 665 g/mol. The van der Waals surface area contributed by atoms with E-state index >= 15 is 0 Å². The van der Waals surface area contributed by atoms with Crippen LogP contribution in [0.2, 0.25) is 0 Å². The van der Waals surface area contributed by atoms with Crippen molar-refractivity contribution in [3.63, 3.8) is 0 Å². The third-order valence-electron chi connectivity index (χ3n) is 11.6. The molecule has 0 fully saturated rings. The van der Waals surface area contributed by atoms with Crippen LogP contribution in [0.15, 0.2) is 182 Å². The molecular formula is C49H35N3. The summed E-state index contributed by atoms with van der Waals surface area (Å²) in [7, 11) is 0. The molecule has 52 heavy (non-hydrogen) atoms. The van der Waals surface area contributed by atoms with Gasteiger partial charge < -0.3 is 15.2 Å². The average molecular weight is 666 g/mol. The van der Waals surface area contributed by atoms with Crippen LogP contribution < -0.4 is 10.6 Å². The lowest BCUT2D eigenvalue weighted by molar-refractivity contribution is 0.673. The van der Waals surface area contributed by atoms with Crippen LogP contribution >= 0.6 is 0 Å². The highest BCUT2D eigenvalue weighted by molar-refractivity contribution is 6.13. The first-order valence-corrected chi connectivity index (χ1v) is 18.2. The molecule has 8 aromatic rings. The van der Waals surface area contributed by atoms with Crippen LogP contribution in [0.1, 0.15) is 45.0 Å². The first kappa shape index (κ1) is 29.3. The predicted octanol–water partition coefficient (Wildman–Crippen LogP) is 10.8. The number of rotatable bonds is 3. The largest absolute Gasteiger partial charge is 0.361 e. The second-order valence-corrected chi connectivity index (χ2v) is 14.1. The van der Waals surface area contributed by atoms with Gasteiger partial charge in [0.25, 0.3) is 0 Å². The van der Waals surface area contributed by atoms with E-state index in [0.717, 1.165) is 11.3 Å². The maximum atomic E-state index is 3.94. The minimum Gasteiger partial charge on any atom is -0.361 e. The van der Waals surface area contributed by atoms with E-state index in [4.69, 9.17) is 0 Å². The smallest absolute Gasteiger partial charge is 0.0754 e. The quantitative estimate of drug-likeness (QED) is 0.197. The summed E-state index contributed by atoms with van der Waals surface area (Å²) in [6.45, 7) is 0.706. The fraction of sp³-hybridized carbons (Fsp3) is 0.0612. The van der Waals surface area contributed by atoms with E-state index in [1.807, 2.05) is 0 Å². The van der Waals surface area contributed by atoms with Gasteiger partial charge in [0.05, 0.1) is 28.2 Å². The number of fused-ring (bicyclic) bond motifs is 12. The Morgan fingerprint density at radius 3 is 2.08 bits per heavy atom. The number of para-hydroxylation sites is 3. The molecule has 2 aliphatic heterocycles. The van der Waals surface area contributed by atoms with Crippen molar-refractivity contribution < 1.29 is 0 Å². The lowest BCUT2D eigenvalue weighted by Crippen LogP contribution is -2.33. The maximum Gasteiger partial charge on any atom is 0.0754 e. The molecule has 1 aromatic heterocycles. The van der Waals surface area contributed by atoms with Crippen molar-refractivity contribution in [2.75, 3.05) is 6.54 Å². The molecule has 3 nitrogen and oxygen atoms in total. The summed E-state index contributed by atoms with van der Waals surface area (Å²) in [4.78, 5) is 0. The van der Waals surface area contributed by atoms with Crippen LogP contribution in [0.25, 0.3) is 49.9 Å². The standard InChI is InChI=1S/C49H35N3/c1-3-15-32(16-4-1)43-29-44(33-17-5-2-6-18-33)51-31-34(30-50-43)35-21-13-25-41-47(35)38-20-7-9-23-39(38)49(41)40-24-10-12-28-46(40)52-45-27-11-8-19-36(45)37-22-14-26-42(49)48(37)52/h1-30,44,50-51H,31H2/b34-30+,43-29?. The molecule has 0 saturated carbocycles. The Morgan fingerprint density at radius 1 is 0.538 bits per heavy atom. The summed E-state index contributed by atoms with van der Waals surface area (Å²) < 4.78 is 2.51. The SMILES string of the molecule is C1=C(c2ccccc2)N/C=C(/c2cccc3c2-c2ccccc2C32c3ccccc3-n3c4ccccc4c4cccc2c43)CNC1c1ccccc1.